The van der Waals surface area contributed by atoms with Gasteiger partial charge in [-0.05, 0) is 68.0 Å². The number of hydrogen-bond donors (Lipinski definition) is 1. The lowest BCUT2D eigenvalue weighted by molar-refractivity contribution is -0.139. The van der Waals surface area contributed by atoms with Crippen LogP contribution in [0.25, 0.3) is 0 Å². The van der Waals surface area contributed by atoms with Crippen molar-refractivity contribution in [1.29, 1.82) is 0 Å². The normalized spacial score (nSPS) is 23.4. The van der Waals surface area contributed by atoms with Crippen molar-refractivity contribution in [3.8, 4) is 0 Å². The quantitative estimate of drug-likeness (QED) is 0.430. The number of likely N-dealkylation sites (N-methyl/N-ethyl adjacent to an activating group) is 1. The van der Waals surface area contributed by atoms with Crippen LogP contribution in [0.3, 0.4) is 0 Å². The largest absolute Gasteiger partial charge is 0.416 e. The van der Waals surface area contributed by atoms with Gasteiger partial charge >= 0.3 is 6.18 Å². The van der Waals surface area contributed by atoms with E-state index >= 15 is 0 Å². The van der Waals surface area contributed by atoms with Crippen molar-refractivity contribution in [1.82, 2.24) is 15.1 Å². The number of likely N-dealkylation sites (tertiary alicyclic amines) is 1. The van der Waals surface area contributed by atoms with Gasteiger partial charge in [0, 0.05) is 61.0 Å². The van der Waals surface area contributed by atoms with Crippen LogP contribution in [0.2, 0.25) is 0 Å². The zero-order valence-corrected chi connectivity index (χ0v) is 23.9. The molecule has 1 saturated carbocycles. The first-order valence-corrected chi connectivity index (χ1v) is 14.1. The SMILES string of the molecule is CC(=O)NC1CCC(C(=O)N2CC[C@@H](N(C)C(=O)c3cc(Br)cc(C(F)(F)F)c3)[C@H](c3ccc(F)cc3)C2)CC1. The van der Waals surface area contributed by atoms with Crippen LogP contribution in [-0.4, -0.2) is 59.7 Å². The fourth-order valence-corrected chi connectivity index (χ4v) is 6.40. The number of carbonyl (C=O) groups excluding carboxylic acids is 3. The van der Waals surface area contributed by atoms with Gasteiger partial charge in [0.1, 0.15) is 5.82 Å². The average Bonchev–Trinajstić information content (AvgIpc) is 2.91. The average molecular weight is 626 g/mol. The molecule has 0 radical (unpaired) electrons. The molecule has 2 aliphatic rings. The second kappa shape index (κ2) is 12.3. The molecule has 2 fully saturated rings. The molecule has 216 valence electrons. The highest BCUT2D eigenvalue weighted by atomic mass is 79.9. The Morgan fingerprint density at radius 1 is 1.00 bits per heavy atom. The smallest absolute Gasteiger partial charge is 0.354 e. The number of benzene rings is 2. The first-order chi connectivity index (χ1) is 18.8. The minimum absolute atomic E-state index is 0.0163. The van der Waals surface area contributed by atoms with Gasteiger partial charge < -0.3 is 15.1 Å². The molecule has 0 aromatic heterocycles. The predicted molar refractivity (Wildman–Crippen MR) is 145 cm³/mol. The summed E-state index contributed by atoms with van der Waals surface area (Å²) in [7, 11) is 1.55. The summed E-state index contributed by atoms with van der Waals surface area (Å²) in [6, 6.07) is 8.65. The first kappa shape index (κ1) is 30.0. The third-order valence-corrected chi connectivity index (χ3v) is 8.42. The molecule has 1 aliphatic carbocycles. The molecular formula is C29H32BrF4N3O3. The Hall–Kier alpha value is -2.95. The van der Waals surface area contributed by atoms with Gasteiger partial charge in [-0.15, -0.1) is 0 Å². The van der Waals surface area contributed by atoms with Gasteiger partial charge in [-0.2, -0.15) is 13.2 Å². The minimum atomic E-state index is -4.61. The third-order valence-electron chi connectivity index (χ3n) is 7.96. The summed E-state index contributed by atoms with van der Waals surface area (Å²) in [5.41, 5.74) is -0.290. The Bertz CT molecular complexity index is 1250. The number of amides is 3. The molecule has 1 N–H and O–H groups in total. The molecule has 40 heavy (non-hydrogen) atoms. The molecule has 2 atom stereocenters. The van der Waals surface area contributed by atoms with Gasteiger partial charge in [0.25, 0.3) is 5.91 Å². The van der Waals surface area contributed by atoms with E-state index in [1.165, 1.54) is 30.0 Å². The number of rotatable bonds is 5. The van der Waals surface area contributed by atoms with E-state index in [0.29, 0.717) is 32.4 Å². The maximum atomic E-state index is 13.7. The summed E-state index contributed by atoms with van der Waals surface area (Å²) < 4.78 is 54.1. The monoisotopic (exact) mass is 625 g/mol. The molecule has 0 bridgehead atoms. The topological polar surface area (TPSA) is 69.7 Å². The molecule has 6 nitrogen and oxygen atoms in total. The number of carbonyl (C=O) groups is 3. The molecule has 2 aromatic rings. The fourth-order valence-electron chi connectivity index (χ4n) is 5.90. The van der Waals surface area contributed by atoms with E-state index in [-0.39, 0.29) is 39.7 Å². The van der Waals surface area contributed by atoms with Gasteiger partial charge in [0.05, 0.1) is 5.56 Å². The molecule has 1 heterocycles. The lowest BCUT2D eigenvalue weighted by atomic mass is 9.82. The summed E-state index contributed by atoms with van der Waals surface area (Å²) >= 11 is 3.08. The van der Waals surface area contributed by atoms with Crippen molar-refractivity contribution >= 4 is 33.7 Å². The molecule has 2 aromatic carbocycles. The van der Waals surface area contributed by atoms with Gasteiger partial charge in [0.15, 0.2) is 0 Å². The number of halogens is 5. The highest BCUT2D eigenvalue weighted by Crippen LogP contribution is 2.36. The Morgan fingerprint density at radius 3 is 2.25 bits per heavy atom. The summed E-state index contributed by atoms with van der Waals surface area (Å²) in [6.07, 6.45) is -1.44. The molecule has 0 unspecified atom stereocenters. The summed E-state index contributed by atoms with van der Waals surface area (Å²) in [5.74, 6) is -1.59. The first-order valence-electron chi connectivity index (χ1n) is 13.3. The third kappa shape index (κ3) is 7.03. The summed E-state index contributed by atoms with van der Waals surface area (Å²) in [5, 5.41) is 2.91. The standard InChI is InChI=1S/C29H32BrF4N3O3/c1-17(38)35-24-9-5-19(6-10-24)28(40)37-12-11-26(25(16-37)18-3-7-23(31)8-4-18)36(2)27(39)20-13-21(29(32,33)34)15-22(30)14-20/h3-4,7-8,13-15,19,24-26H,5-6,9-12,16H2,1-2H3,(H,35,38)/t19?,24?,25-,26+/m0/s1. The lowest BCUT2D eigenvalue weighted by Gasteiger charge is -2.44. The fraction of sp³-hybridized carbons (Fsp3) is 0.483. The van der Waals surface area contributed by atoms with Crippen molar-refractivity contribution < 1.29 is 31.9 Å². The van der Waals surface area contributed by atoms with Gasteiger partial charge in [0.2, 0.25) is 11.8 Å². The van der Waals surface area contributed by atoms with Crippen molar-refractivity contribution in [2.24, 2.45) is 5.92 Å². The molecule has 3 amide bonds. The van der Waals surface area contributed by atoms with E-state index in [1.807, 2.05) is 0 Å². The van der Waals surface area contributed by atoms with Gasteiger partial charge in [-0.3, -0.25) is 14.4 Å². The molecule has 0 spiro atoms. The van der Waals surface area contributed by atoms with Crippen LogP contribution in [0.1, 0.15) is 66.4 Å². The Morgan fingerprint density at radius 2 is 1.65 bits per heavy atom. The highest BCUT2D eigenvalue weighted by molar-refractivity contribution is 9.10. The van der Waals surface area contributed by atoms with Crippen molar-refractivity contribution in [2.45, 2.75) is 63.2 Å². The van der Waals surface area contributed by atoms with Crippen LogP contribution in [0.4, 0.5) is 17.6 Å². The van der Waals surface area contributed by atoms with E-state index in [0.717, 1.165) is 30.5 Å². The number of alkyl halides is 3. The van der Waals surface area contributed by atoms with E-state index in [1.54, 1.807) is 24.1 Å². The summed E-state index contributed by atoms with van der Waals surface area (Å²) in [4.78, 5) is 41.5. The van der Waals surface area contributed by atoms with E-state index < -0.39 is 29.5 Å². The molecule has 1 aliphatic heterocycles. The lowest BCUT2D eigenvalue weighted by Crippen LogP contribution is -2.53. The van der Waals surface area contributed by atoms with Crippen molar-refractivity contribution in [3.63, 3.8) is 0 Å². The molecule has 11 heteroatoms. The number of hydrogen-bond acceptors (Lipinski definition) is 3. The molecule has 4 rings (SSSR count). The second-order valence-corrected chi connectivity index (χ2v) is 11.6. The highest BCUT2D eigenvalue weighted by Gasteiger charge is 2.39. The summed E-state index contributed by atoms with van der Waals surface area (Å²) in [6.45, 7) is 2.16. The van der Waals surface area contributed by atoms with Crippen LogP contribution >= 0.6 is 15.9 Å². The Kier molecular flexibility index (Phi) is 9.22. The van der Waals surface area contributed by atoms with E-state index in [4.69, 9.17) is 0 Å². The van der Waals surface area contributed by atoms with Crippen LogP contribution in [0, 0.1) is 11.7 Å². The van der Waals surface area contributed by atoms with Crippen molar-refractivity contribution in [2.75, 3.05) is 20.1 Å². The van der Waals surface area contributed by atoms with Crippen LogP contribution in [0.5, 0.6) is 0 Å². The minimum Gasteiger partial charge on any atom is -0.354 e. The zero-order chi connectivity index (χ0) is 29.2. The van der Waals surface area contributed by atoms with Crippen LogP contribution in [-0.2, 0) is 15.8 Å². The van der Waals surface area contributed by atoms with E-state index in [9.17, 15) is 31.9 Å². The number of piperidine rings is 1. The van der Waals surface area contributed by atoms with Crippen LogP contribution in [0.15, 0.2) is 46.9 Å². The maximum absolute atomic E-state index is 13.7. The second-order valence-electron chi connectivity index (χ2n) is 10.7. The molecular weight excluding hydrogens is 594 g/mol. The maximum Gasteiger partial charge on any atom is 0.416 e. The predicted octanol–water partition coefficient (Wildman–Crippen LogP) is 5.76. The van der Waals surface area contributed by atoms with E-state index in [2.05, 4.69) is 21.2 Å². The Labute approximate surface area is 239 Å². The van der Waals surface area contributed by atoms with Gasteiger partial charge in [-0.1, -0.05) is 28.1 Å². The Balaban J connectivity index is 1.54. The number of nitrogens with zero attached hydrogens (tertiary/aromatic N) is 2. The van der Waals surface area contributed by atoms with Gasteiger partial charge in [-0.25, -0.2) is 4.39 Å². The van der Waals surface area contributed by atoms with Crippen molar-refractivity contribution in [3.05, 3.63) is 69.4 Å². The zero-order valence-electron chi connectivity index (χ0n) is 22.3. The number of nitrogens with one attached hydrogen (secondary N) is 1. The van der Waals surface area contributed by atoms with Crippen LogP contribution < -0.4 is 5.32 Å². The molecule has 1 saturated heterocycles.